The van der Waals surface area contributed by atoms with Gasteiger partial charge >= 0.3 is 0 Å². The number of aryl methyl sites for hydroxylation is 1. The normalized spacial score (nSPS) is 16.3. The second-order valence-electron chi connectivity index (χ2n) is 9.22. The Balaban J connectivity index is 1.69. The molecule has 7 heteroatoms. The zero-order valence-corrected chi connectivity index (χ0v) is 21.3. The highest BCUT2D eigenvalue weighted by molar-refractivity contribution is 5.47. The van der Waals surface area contributed by atoms with E-state index in [0.29, 0.717) is 36.9 Å². The van der Waals surface area contributed by atoms with Crippen LogP contribution in [0.2, 0.25) is 0 Å². The van der Waals surface area contributed by atoms with Gasteiger partial charge in [-0.25, -0.2) is 4.68 Å². The molecule has 7 nitrogen and oxygen atoms in total. The van der Waals surface area contributed by atoms with Gasteiger partial charge in [-0.05, 0) is 56.9 Å². The number of aromatic nitrogens is 2. The number of allylic oxidation sites excluding steroid dienone is 1. The van der Waals surface area contributed by atoms with Crippen LogP contribution in [0.25, 0.3) is 5.69 Å². The molecule has 0 spiro atoms. The smallest absolute Gasteiger partial charge is 0.227 e. The van der Waals surface area contributed by atoms with E-state index in [1.807, 2.05) is 72.3 Å². The van der Waals surface area contributed by atoms with Crippen molar-refractivity contribution < 1.29 is 19.3 Å². The maximum absolute atomic E-state index is 10.7. The fourth-order valence-corrected chi connectivity index (χ4v) is 4.58. The summed E-state index contributed by atoms with van der Waals surface area (Å²) in [5.74, 6) is 1.91. The highest BCUT2D eigenvalue weighted by Gasteiger charge is 2.26. The third kappa shape index (κ3) is 6.55. The molecule has 0 radical (unpaired) electrons. The summed E-state index contributed by atoms with van der Waals surface area (Å²) in [6, 6.07) is 17.6. The first-order valence-corrected chi connectivity index (χ1v) is 12.7. The molecule has 3 aromatic rings. The van der Waals surface area contributed by atoms with Crippen LogP contribution in [0.4, 0.5) is 0 Å². The van der Waals surface area contributed by atoms with Gasteiger partial charge < -0.3 is 19.3 Å². The number of benzene rings is 2. The number of methoxy groups -OCH3 is 1. The zero-order valence-electron chi connectivity index (χ0n) is 21.3. The molecule has 0 aliphatic carbocycles. The molecule has 0 amide bonds. The first-order chi connectivity index (χ1) is 17.6. The van der Waals surface area contributed by atoms with Crippen LogP contribution in [0.5, 0.6) is 17.4 Å². The summed E-state index contributed by atoms with van der Waals surface area (Å²) >= 11 is 0. The van der Waals surface area contributed by atoms with Gasteiger partial charge in [0, 0.05) is 26.2 Å². The van der Waals surface area contributed by atoms with Crippen molar-refractivity contribution in [1.82, 2.24) is 14.7 Å². The summed E-state index contributed by atoms with van der Waals surface area (Å²) in [5, 5.41) is 15.6. The molecule has 4 rings (SSSR count). The topological polar surface area (TPSA) is 69.0 Å². The number of aliphatic hydroxyl groups is 1. The standard InChI is InChI=1S/C29H37N3O4/c1-4-5-14-24(33)19-31(20-25-15-11-18-35-25)21-26-22(2)30-32(23-12-7-6-8-13-23)29(26)36-28-17-10-9-16-27(28)34-3/h4,6-10,12-13,16-17,24-25,33H,1,5,11,14-15,18-21H2,2-3H3/t24-,25-/m0/s1. The molecule has 1 fully saturated rings. The molecule has 1 aliphatic rings. The molecule has 2 heterocycles. The second kappa shape index (κ2) is 12.7. The molecule has 0 unspecified atom stereocenters. The van der Waals surface area contributed by atoms with E-state index < -0.39 is 6.10 Å². The lowest BCUT2D eigenvalue weighted by molar-refractivity contribution is 0.0442. The molecular formula is C29H37N3O4. The van der Waals surface area contributed by atoms with Crippen molar-refractivity contribution in [3.8, 4) is 23.1 Å². The van der Waals surface area contributed by atoms with Gasteiger partial charge in [0.15, 0.2) is 11.5 Å². The molecule has 0 bridgehead atoms. The number of ether oxygens (including phenoxy) is 3. The molecule has 2 atom stereocenters. The number of para-hydroxylation sites is 3. The Morgan fingerprint density at radius 1 is 1.19 bits per heavy atom. The van der Waals surface area contributed by atoms with Crippen LogP contribution in [0.15, 0.2) is 67.3 Å². The predicted molar refractivity (Wildman–Crippen MR) is 141 cm³/mol. The Morgan fingerprint density at radius 3 is 2.64 bits per heavy atom. The minimum Gasteiger partial charge on any atom is -0.493 e. The monoisotopic (exact) mass is 491 g/mol. The fourth-order valence-electron chi connectivity index (χ4n) is 4.58. The van der Waals surface area contributed by atoms with E-state index >= 15 is 0 Å². The van der Waals surface area contributed by atoms with Crippen LogP contribution in [-0.4, -0.2) is 58.8 Å². The average molecular weight is 492 g/mol. The number of hydrogen-bond acceptors (Lipinski definition) is 6. The first-order valence-electron chi connectivity index (χ1n) is 12.7. The zero-order chi connectivity index (χ0) is 25.3. The summed E-state index contributed by atoms with van der Waals surface area (Å²) in [4.78, 5) is 2.26. The minimum absolute atomic E-state index is 0.166. The second-order valence-corrected chi connectivity index (χ2v) is 9.22. The average Bonchev–Trinajstić information content (AvgIpc) is 3.52. The van der Waals surface area contributed by atoms with Gasteiger partial charge in [0.2, 0.25) is 5.88 Å². The van der Waals surface area contributed by atoms with Crippen molar-refractivity contribution in [2.45, 2.75) is 51.4 Å². The van der Waals surface area contributed by atoms with Gasteiger partial charge in [-0.15, -0.1) is 6.58 Å². The number of rotatable bonds is 13. The Labute approximate surface area is 213 Å². The van der Waals surface area contributed by atoms with E-state index in [2.05, 4.69) is 11.5 Å². The quantitative estimate of drug-likeness (QED) is 0.328. The van der Waals surface area contributed by atoms with Gasteiger partial charge in [-0.3, -0.25) is 4.90 Å². The predicted octanol–water partition coefficient (Wildman–Crippen LogP) is 5.29. The third-order valence-electron chi connectivity index (χ3n) is 6.45. The molecule has 2 aromatic carbocycles. The molecule has 192 valence electrons. The summed E-state index contributed by atoms with van der Waals surface area (Å²) in [5.41, 5.74) is 2.76. The van der Waals surface area contributed by atoms with Crippen LogP contribution in [0.3, 0.4) is 0 Å². The van der Waals surface area contributed by atoms with Gasteiger partial charge in [0.25, 0.3) is 0 Å². The van der Waals surface area contributed by atoms with Gasteiger partial charge in [-0.1, -0.05) is 36.4 Å². The maximum Gasteiger partial charge on any atom is 0.227 e. The maximum atomic E-state index is 10.7. The Morgan fingerprint density at radius 2 is 1.94 bits per heavy atom. The number of aliphatic hydroxyl groups excluding tert-OH is 1. The van der Waals surface area contributed by atoms with E-state index in [0.717, 1.165) is 49.4 Å². The minimum atomic E-state index is -0.451. The number of hydrogen-bond donors (Lipinski definition) is 1. The Kier molecular flexibility index (Phi) is 9.17. The Hall–Kier alpha value is -3.13. The number of nitrogens with zero attached hydrogens (tertiary/aromatic N) is 3. The van der Waals surface area contributed by atoms with Crippen molar-refractivity contribution in [2.24, 2.45) is 0 Å². The largest absolute Gasteiger partial charge is 0.493 e. The highest BCUT2D eigenvalue weighted by atomic mass is 16.5. The summed E-state index contributed by atoms with van der Waals surface area (Å²) in [6.45, 7) is 8.45. The molecule has 1 aliphatic heterocycles. The van der Waals surface area contributed by atoms with E-state index in [9.17, 15) is 5.11 Å². The van der Waals surface area contributed by atoms with Crippen molar-refractivity contribution in [1.29, 1.82) is 0 Å². The van der Waals surface area contributed by atoms with Crippen LogP contribution in [0.1, 0.15) is 36.9 Å². The van der Waals surface area contributed by atoms with Crippen molar-refractivity contribution in [3.63, 3.8) is 0 Å². The molecule has 1 saturated heterocycles. The van der Waals surface area contributed by atoms with Crippen LogP contribution in [-0.2, 0) is 11.3 Å². The van der Waals surface area contributed by atoms with E-state index in [1.54, 1.807) is 7.11 Å². The van der Waals surface area contributed by atoms with E-state index in [1.165, 1.54) is 0 Å². The third-order valence-corrected chi connectivity index (χ3v) is 6.45. The highest BCUT2D eigenvalue weighted by Crippen LogP contribution is 2.36. The van der Waals surface area contributed by atoms with Crippen LogP contribution >= 0.6 is 0 Å². The summed E-state index contributed by atoms with van der Waals surface area (Å²) in [6.07, 6.45) is 5.13. The molecular weight excluding hydrogens is 454 g/mol. The van der Waals surface area contributed by atoms with Gasteiger partial charge in [0.05, 0.1) is 36.3 Å². The lowest BCUT2D eigenvalue weighted by Crippen LogP contribution is -2.37. The molecule has 1 N–H and O–H groups in total. The fraction of sp³-hybridized carbons (Fsp3) is 0.414. The first kappa shape index (κ1) is 25.9. The lowest BCUT2D eigenvalue weighted by atomic mass is 10.1. The van der Waals surface area contributed by atoms with Crippen LogP contribution < -0.4 is 9.47 Å². The molecule has 1 aromatic heterocycles. The molecule has 36 heavy (non-hydrogen) atoms. The van der Waals surface area contributed by atoms with Gasteiger partial charge in [-0.2, -0.15) is 5.10 Å². The van der Waals surface area contributed by atoms with Crippen molar-refractivity contribution >= 4 is 0 Å². The van der Waals surface area contributed by atoms with E-state index in [4.69, 9.17) is 19.3 Å². The lowest BCUT2D eigenvalue weighted by Gasteiger charge is -2.27. The summed E-state index contributed by atoms with van der Waals surface area (Å²) in [7, 11) is 1.64. The van der Waals surface area contributed by atoms with Crippen molar-refractivity contribution in [2.75, 3.05) is 26.8 Å². The van der Waals surface area contributed by atoms with Crippen LogP contribution in [0, 0.1) is 6.92 Å². The van der Waals surface area contributed by atoms with E-state index in [-0.39, 0.29) is 6.10 Å². The molecule has 0 saturated carbocycles. The van der Waals surface area contributed by atoms with Gasteiger partial charge in [0.1, 0.15) is 0 Å². The van der Waals surface area contributed by atoms with Crippen molar-refractivity contribution in [3.05, 3.63) is 78.5 Å². The summed E-state index contributed by atoms with van der Waals surface area (Å²) < 4.78 is 19.8. The Bertz CT molecular complexity index is 1110. The SMILES string of the molecule is C=CCC[C@H](O)CN(Cc1c(C)nn(-c2ccccc2)c1Oc1ccccc1OC)C[C@@H]1CCCO1.